The number of aromatic nitrogens is 2. The number of amides is 1. The van der Waals surface area contributed by atoms with Gasteiger partial charge >= 0.3 is 0 Å². The van der Waals surface area contributed by atoms with Crippen LogP contribution in [0.1, 0.15) is 5.56 Å². The van der Waals surface area contributed by atoms with Crippen molar-refractivity contribution in [2.75, 3.05) is 11.1 Å². The molecule has 0 fully saturated rings. The predicted octanol–water partition coefficient (Wildman–Crippen LogP) is 4.63. The lowest BCUT2D eigenvalue weighted by atomic mass is 10.2. The summed E-state index contributed by atoms with van der Waals surface area (Å²) in [7, 11) is 0. The van der Waals surface area contributed by atoms with E-state index in [9.17, 15) is 14.0 Å². The minimum Gasteiger partial charge on any atom is -0.325 e. The minimum atomic E-state index is -0.390. The van der Waals surface area contributed by atoms with Crippen molar-refractivity contribution in [2.45, 2.75) is 12.1 Å². The number of fused-ring (bicyclic) bond motifs is 1. The van der Waals surface area contributed by atoms with Crippen molar-refractivity contribution >= 4 is 44.9 Å². The molecular formula is C21H16FN3O2S2. The average Bonchev–Trinajstić information content (AvgIpc) is 3.18. The second-order valence-electron chi connectivity index (χ2n) is 6.35. The van der Waals surface area contributed by atoms with Gasteiger partial charge in [-0.05, 0) is 54.8 Å². The van der Waals surface area contributed by atoms with E-state index in [0.717, 1.165) is 17.3 Å². The van der Waals surface area contributed by atoms with Crippen LogP contribution in [-0.4, -0.2) is 21.2 Å². The standard InChI is InChI=1S/C21H16FN3O2S2/c1-13-2-6-15(7-3-13)23-18(26)12-29-21-24-17-10-11-28-19(17)20(27)25(21)16-8-4-14(22)5-9-16/h2-11H,12H2,1H3,(H,23,26). The molecule has 0 radical (unpaired) electrons. The summed E-state index contributed by atoms with van der Waals surface area (Å²) in [6.07, 6.45) is 0. The molecule has 146 valence electrons. The van der Waals surface area contributed by atoms with Gasteiger partial charge in [0.1, 0.15) is 10.5 Å². The molecule has 2 aromatic heterocycles. The third-order valence-corrected chi connectivity index (χ3v) is 6.03. The van der Waals surface area contributed by atoms with Crippen LogP contribution in [0.15, 0.2) is 69.9 Å². The van der Waals surface area contributed by atoms with Gasteiger partial charge in [-0.15, -0.1) is 11.3 Å². The largest absolute Gasteiger partial charge is 0.325 e. The van der Waals surface area contributed by atoms with Crippen molar-refractivity contribution in [1.82, 2.24) is 9.55 Å². The monoisotopic (exact) mass is 425 g/mol. The van der Waals surface area contributed by atoms with Crippen molar-refractivity contribution in [3.05, 3.63) is 81.7 Å². The number of benzene rings is 2. The van der Waals surface area contributed by atoms with E-state index in [1.807, 2.05) is 31.2 Å². The van der Waals surface area contributed by atoms with E-state index < -0.39 is 5.82 Å². The van der Waals surface area contributed by atoms with E-state index in [-0.39, 0.29) is 17.2 Å². The van der Waals surface area contributed by atoms with Crippen LogP contribution in [-0.2, 0) is 4.79 Å². The van der Waals surface area contributed by atoms with Crippen LogP contribution in [0.25, 0.3) is 15.9 Å². The van der Waals surface area contributed by atoms with Crippen molar-refractivity contribution in [3.63, 3.8) is 0 Å². The van der Waals surface area contributed by atoms with Gasteiger partial charge in [0.15, 0.2) is 5.16 Å². The number of carbonyl (C=O) groups is 1. The molecule has 0 atom stereocenters. The average molecular weight is 426 g/mol. The number of nitrogens with one attached hydrogen (secondary N) is 1. The molecule has 2 aromatic carbocycles. The summed E-state index contributed by atoms with van der Waals surface area (Å²) in [4.78, 5) is 29.9. The molecule has 0 saturated carbocycles. The van der Waals surface area contributed by atoms with E-state index >= 15 is 0 Å². The lowest BCUT2D eigenvalue weighted by Crippen LogP contribution is -2.22. The number of nitrogens with zero attached hydrogens (tertiary/aromatic N) is 2. The molecule has 8 heteroatoms. The van der Waals surface area contributed by atoms with Crippen molar-refractivity contribution < 1.29 is 9.18 Å². The minimum absolute atomic E-state index is 0.0805. The summed E-state index contributed by atoms with van der Waals surface area (Å²) in [6, 6.07) is 14.9. The molecule has 0 unspecified atom stereocenters. The Labute approximate surface area is 174 Å². The fourth-order valence-electron chi connectivity index (χ4n) is 2.77. The molecule has 0 bridgehead atoms. The first-order chi connectivity index (χ1) is 14.0. The SMILES string of the molecule is Cc1ccc(NC(=O)CSc2nc3ccsc3c(=O)n2-c2ccc(F)cc2)cc1. The maximum absolute atomic E-state index is 13.3. The highest BCUT2D eigenvalue weighted by Gasteiger charge is 2.16. The van der Waals surface area contributed by atoms with Crippen molar-refractivity contribution in [1.29, 1.82) is 0 Å². The molecule has 4 aromatic rings. The molecule has 29 heavy (non-hydrogen) atoms. The van der Waals surface area contributed by atoms with Crippen LogP contribution in [0.5, 0.6) is 0 Å². The Kier molecular flexibility index (Phi) is 5.46. The molecule has 4 rings (SSSR count). The maximum atomic E-state index is 13.3. The zero-order chi connectivity index (χ0) is 20.4. The van der Waals surface area contributed by atoms with Crippen LogP contribution in [0.4, 0.5) is 10.1 Å². The summed E-state index contributed by atoms with van der Waals surface area (Å²) in [5.41, 5.74) is 2.66. The van der Waals surface area contributed by atoms with E-state index in [1.165, 1.54) is 40.2 Å². The molecule has 2 heterocycles. The molecule has 5 nitrogen and oxygen atoms in total. The van der Waals surface area contributed by atoms with Gasteiger partial charge in [-0.1, -0.05) is 29.5 Å². The molecule has 0 spiro atoms. The van der Waals surface area contributed by atoms with Gasteiger partial charge < -0.3 is 5.32 Å². The smallest absolute Gasteiger partial charge is 0.276 e. The number of anilines is 1. The van der Waals surface area contributed by atoms with Gasteiger partial charge in [-0.25, -0.2) is 9.37 Å². The summed E-state index contributed by atoms with van der Waals surface area (Å²) in [6.45, 7) is 1.97. The van der Waals surface area contributed by atoms with Gasteiger partial charge in [0.25, 0.3) is 5.56 Å². The van der Waals surface area contributed by atoms with E-state index in [4.69, 9.17) is 0 Å². The quantitative estimate of drug-likeness (QED) is 0.374. The zero-order valence-electron chi connectivity index (χ0n) is 15.4. The molecule has 1 N–H and O–H groups in total. The topological polar surface area (TPSA) is 64.0 Å². The fourth-order valence-corrected chi connectivity index (χ4v) is 4.34. The van der Waals surface area contributed by atoms with Crippen LogP contribution in [0, 0.1) is 12.7 Å². The Morgan fingerprint density at radius 3 is 2.59 bits per heavy atom. The van der Waals surface area contributed by atoms with E-state index in [0.29, 0.717) is 26.7 Å². The molecular weight excluding hydrogens is 409 g/mol. The van der Waals surface area contributed by atoms with Gasteiger partial charge in [-0.3, -0.25) is 14.2 Å². The summed E-state index contributed by atoms with van der Waals surface area (Å²) >= 11 is 2.46. The predicted molar refractivity (Wildman–Crippen MR) is 116 cm³/mol. The first-order valence-electron chi connectivity index (χ1n) is 8.77. The van der Waals surface area contributed by atoms with Crippen LogP contribution in [0.3, 0.4) is 0 Å². The molecule has 1 amide bonds. The van der Waals surface area contributed by atoms with Gasteiger partial charge in [0.2, 0.25) is 5.91 Å². The van der Waals surface area contributed by atoms with E-state index in [1.54, 1.807) is 11.4 Å². The Balaban J connectivity index is 1.63. The lowest BCUT2D eigenvalue weighted by Gasteiger charge is -2.12. The van der Waals surface area contributed by atoms with E-state index in [2.05, 4.69) is 10.3 Å². The van der Waals surface area contributed by atoms with Gasteiger partial charge in [0.05, 0.1) is 17.0 Å². The van der Waals surface area contributed by atoms with Crippen LogP contribution in [0.2, 0.25) is 0 Å². The molecule has 0 aliphatic heterocycles. The molecule has 0 aliphatic carbocycles. The first kappa shape index (κ1) is 19.4. The third kappa shape index (κ3) is 4.23. The molecule has 0 aliphatic rings. The Morgan fingerprint density at radius 2 is 1.86 bits per heavy atom. The second kappa shape index (κ2) is 8.18. The summed E-state index contributed by atoms with van der Waals surface area (Å²) < 4.78 is 15.3. The number of rotatable bonds is 5. The lowest BCUT2D eigenvalue weighted by molar-refractivity contribution is -0.113. The van der Waals surface area contributed by atoms with Crippen LogP contribution >= 0.6 is 23.1 Å². The Hall–Kier alpha value is -2.97. The number of carbonyl (C=O) groups excluding carboxylic acids is 1. The second-order valence-corrected chi connectivity index (χ2v) is 8.21. The van der Waals surface area contributed by atoms with Crippen molar-refractivity contribution in [3.8, 4) is 5.69 Å². The highest BCUT2D eigenvalue weighted by atomic mass is 32.2. The fraction of sp³-hybridized carbons (Fsp3) is 0.0952. The molecule has 0 saturated heterocycles. The highest BCUT2D eigenvalue weighted by molar-refractivity contribution is 7.99. The Bertz CT molecular complexity index is 1230. The number of thiophene rings is 1. The number of hydrogen-bond acceptors (Lipinski definition) is 5. The van der Waals surface area contributed by atoms with Gasteiger partial charge in [0, 0.05) is 5.69 Å². The summed E-state index contributed by atoms with van der Waals surface area (Å²) in [5, 5.41) is 5.01. The van der Waals surface area contributed by atoms with Crippen LogP contribution < -0.4 is 10.9 Å². The number of hydrogen-bond donors (Lipinski definition) is 1. The Morgan fingerprint density at radius 1 is 1.14 bits per heavy atom. The maximum Gasteiger partial charge on any atom is 0.276 e. The van der Waals surface area contributed by atoms with Crippen molar-refractivity contribution in [2.24, 2.45) is 0 Å². The normalized spacial score (nSPS) is 11.0. The number of aryl methyl sites for hydroxylation is 1. The third-order valence-electron chi connectivity index (χ3n) is 4.20. The number of halogens is 1. The summed E-state index contributed by atoms with van der Waals surface area (Å²) in [5.74, 6) is -0.514. The first-order valence-corrected chi connectivity index (χ1v) is 10.6. The van der Waals surface area contributed by atoms with Gasteiger partial charge in [-0.2, -0.15) is 0 Å². The highest BCUT2D eigenvalue weighted by Crippen LogP contribution is 2.24. The number of thioether (sulfide) groups is 1. The zero-order valence-corrected chi connectivity index (χ0v) is 17.0.